The van der Waals surface area contributed by atoms with Gasteiger partial charge in [-0.25, -0.2) is 9.97 Å². The number of aryl methyl sites for hydroxylation is 1. The Morgan fingerprint density at radius 3 is 2.69 bits per heavy atom. The highest BCUT2D eigenvalue weighted by Gasteiger charge is 2.06. The summed E-state index contributed by atoms with van der Waals surface area (Å²) in [4.78, 5) is 8.32. The Bertz CT molecular complexity index is 266. The fourth-order valence-corrected chi connectivity index (χ4v) is 1.02. The van der Waals surface area contributed by atoms with E-state index >= 15 is 0 Å². The van der Waals surface area contributed by atoms with Crippen LogP contribution in [0.4, 0.5) is 0 Å². The standard InChI is InChI=1S/C10H15N3/c1-3-4-5-9(11)10-12-6-8(2)7-13-10/h3,6-7,9H,1,4-5,11H2,2H3. The molecule has 1 aromatic rings. The molecule has 3 nitrogen and oxygen atoms in total. The molecule has 0 aliphatic rings. The monoisotopic (exact) mass is 177 g/mol. The van der Waals surface area contributed by atoms with E-state index in [1.807, 2.05) is 13.0 Å². The molecule has 0 amide bonds. The molecular formula is C10H15N3. The Hall–Kier alpha value is -1.22. The third-order valence-electron chi connectivity index (χ3n) is 1.81. The summed E-state index contributed by atoms with van der Waals surface area (Å²) in [5.74, 6) is 0.715. The Balaban J connectivity index is 2.60. The second-order valence-electron chi connectivity index (χ2n) is 3.09. The van der Waals surface area contributed by atoms with Crippen LogP contribution in [0, 0.1) is 6.92 Å². The Morgan fingerprint density at radius 2 is 2.15 bits per heavy atom. The maximum Gasteiger partial charge on any atom is 0.144 e. The topological polar surface area (TPSA) is 51.8 Å². The number of hydrogen-bond acceptors (Lipinski definition) is 3. The van der Waals surface area contributed by atoms with Gasteiger partial charge in [0.15, 0.2) is 0 Å². The van der Waals surface area contributed by atoms with Crippen LogP contribution >= 0.6 is 0 Å². The summed E-state index contributed by atoms with van der Waals surface area (Å²) in [5.41, 5.74) is 6.91. The van der Waals surface area contributed by atoms with Crippen molar-refractivity contribution in [3.8, 4) is 0 Å². The predicted octanol–water partition coefficient (Wildman–Crippen LogP) is 1.75. The number of allylic oxidation sites excluding steroid dienone is 1. The zero-order chi connectivity index (χ0) is 9.68. The second kappa shape index (κ2) is 4.72. The van der Waals surface area contributed by atoms with E-state index in [-0.39, 0.29) is 6.04 Å². The third kappa shape index (κ3) is 2.95. The summed E-state index contributed by atoms with van der Waals surface area (Å²) in [5, 5.41) is 0. The van der Waals surface area contributed by atoms with Crippen LogP contribution in [0.5, 0.6) is 0 Å². The lowest BCUT2D eigenvalue weighted by Crippen LogP contribution is -2.13. The van der Waals surface area contributed by atoms with Gasteiger partial charge in [-0.2, -0.15) is 0 Å². The lowest BCUT2D eigenvalue weighted by Gasteiger charge is -2.07. The van der Waals surface area contributed by atoms with Crippen molar-refractivity contribution in [3.05, 3.63) is 36.4 Å². The van der Waals surface area contributed by atoms with E-state index in [2.05, 4.69) is 16.5 Å². The zero-order valence-electron chi connectivity index (χ0n) is 7.90. The van der Waals surface area contributed by atoms with Gasteiger partial charge < -0.3 is 5.73 Å². The molecule has 0 bridgehead atoms. The zero-order valence-corrected chi connectivity index (χ0v) is 7.90. The normalized spacial score (nSPS) is 12.5. The van der Waals surface area contributed by atoms with Gasteiger partial charge in [-0.1, -0.05) is 6.08 Å². The summed E-state index contributed by atoms with van der Waals surface area (Å²) in [6.45, 7) is 5.60. The van der Waals surface area contributed by atoms with Gasteiger partial charge in [-0.3, -0.25) is 0 Å². The number of hydrogen-bond donors (Lipinski definition) is 1. The molecule has 70 valence electrons. The van der Waals surface area contributed by atoms with Gasteiger partial charge >= 0.3 is 0 Å². The molecule has 0 saturated heterocycles. The van der Waals surface area contributed by atoms with Crippen LogP contribution in [0.1, 0.15) is 30.3 Å². The number of nitrogens with zero attached hydrogens (tertiary/aromatic N) is 2. The summed E-state index contributed by atoms with van der Waals surface area (Å²) in [7, 11) is 0. The average Bonchev–Trinajstić information content (AvgIpc) is 2.15. The predicted molar refractivity (Wildman–Crippen MR) is 53.1 cm³/mol. The minimum Gasteiger partial charge on any atom is -0.321 e. The van der Waals surface area contributed by atoms with Crippen molar-refractivity contribution in [3.63, 3.8) is 0 Å². The van der Waals surface area contributed by atoms with Gasteiger partial charge in [0, 0.05) is 12.4 Å². The smallest absolute Gasteiger partial charge is 0.144 e. The SMILES string of the molecule is C=CCCC(N)c1ncc(C)cn1. The van der Waals surface area contributed by atoms with Crippen molar-refractivity contribution in [1.82, 2.24) is 9.97 Å². The summed E-state index contributed by atoms with van der Waals surface area (Å²) in [6.07, 6.45) is 7.19. The van der Waals surface area contributed by atoms with Crippen LogP contribution in [0.3, 0.4) is 0 Å². The largest absolute Gasteiger partial charge is 0.321 e. The van der Waals surface area contributed by atoms with E-state index in [1.54, 1.807) is 12.4 Å². The third-order valence-corrected chi connectivity index (χ3v) is 1.81. The average molecular weight is 177 g/mol. The molecule has 0 radical (unpaired) electrons. The maximum absolute atomic E-state index is 5.86. The van der Waals surface area contributed by atoms with Crippen molar-refractivity contribution in [2.24, 2.45) is 5.73 Å². The van der Waals surface area contributed by atoms with Crippen LogP contribution in [-0.4, -0.2) is 9.97 Å². The van der Waals surface area contributed by atoms with E-state index < -0.39 is 0 Å². The highest BCUT2D eigenvalue weighted by Crippen LogP contribution is 2.10. The first kappa shape index (κ1) is 9.86. The van der Waals surface area contributed by atoms with Gasteiger partial charge in [-0.15, -0.1) is 6.58 Å². The number of aromatic nitrogens is 2. The molecule has 0 saturated carbocycles. The highest BCUT2D eigenvalue weighted by molar-refractivity contribution is 5.04. The van der Waals surface area contributed by atoms with Crippen LogP contribution in [-0.2, 0) is 0 Å². The van der Waals surface area contributed by atoms with Gasteiger partial charge in [-0.05, 0) is 25.3 Å². The first-order valence-electron chi connectivity index (χ1n) is 4.39. The van der Waals surface area contributed by atoms with Crippen molar-refractivity contribution >= 4 is 0 Å². The van der Waals surface area contributed by atoms with Crippen molar-refractivity contribution in [2.45, 2.75) is 25.8 Å². The number of nitrogens with two attached hydrogens (primary N) is 1. The lowest BCUT2D eigenvalue weighted by molar-refractivity contribution is 0.619. The minimum atomic E-state index is -0.0707. The molecule has 0 spiro atoms. The minimum absolute atomic E-state index is 0.0707. The first-order valence-corrected chi connectivity index (χ1v) is 4.39. The van der Waals surface area contributed by atoms with E-state index in [1.165, 1.54) is 0 Å². The van der Waals surface area contributed by atoms with E-state index in [4.69, 9.17) is 5.73 Å². The van der Waals surface area contributed by atoms with Crippen molar-refractivity contribution in [2.75, 3.05) is 0 Å². The molecule has 3 heteroatoms. The Morgan fingerprint density at radius 1 is 1.54 bits per heavy atom. The molecule has 13 heavy (non-hydrogen) atoms. The van der Waals surface area contributed by atoms with E-state index in [0.29, 0.717) is 5.82 Å². The highest BCUT2D eigenvalue weighted by atomic mass is 14.9. The molecule has 0 aliphatic heterocycles. The molecule has 0 fully saturated rings. The van der Waals surface area contributed by atoms with Crippen molar-refractivity contribution in [1.29, 1.82) is 0 Å². The lowest BCUT2D eigenvalue weighted by atomic mass is 10.1. The molecule has 1 unspecified atom stereocenters. The summed E-state index contributed by atoms with van der Waals surface area (Å²) >= 11 is 0. The van der Waals surface area contributed by atoms with Crippen LogP contribution in [0.15, 0.2) is 25.0 Å². The van der Waals surface area contributed by atoms with Gasteiger partial charge in [0.25, 0.3) is 0 Å². The maximum atomic E-state index is 5.86. The molecule has 1 aromatic heterocycles. The summed E-state index contributed by atoms with van der Waals surface area (Å²) in [6, 6.07) is -0.0707. The molecule has 2 N–H and O–H groups in total. The fraction of sp³-hybridized carbons (Fsp3) is 0.400. The van der Waals surface area contributed by atoms with E-state index in [9.17, 15) is 0 Å². The molecule has 1 heterocycles. The molecule has 0 aromatic carbocycles. The van der Waals surface area contributed by atoms with Gasteiger partial charge in [0.05, 0.1) is 6.04 Å². The fourth-order valence-electron chi connectivity index (χ4n) is 1.02. The Labute approximate surface area is 78.7 Å². The van der Waals surface area contributed by atoms with Crippen LogP contribution < -0.4 is 5.73 Å². The van der Waals surface area contributed by atoms with Crippen LogP contribution in [0.2, 0.25) is 0 Å². The van der Waals surface area contributed by atoms with Crippen molar-refractivity contribution < 1.29 is 0 Å². The van der Waals surface area contributed by atoms with Gasteiger partial charge in [0.2, 0.25) is 0 Å². The molecular weight excluding hydrogens is 162 g/mol. The van der Waals surface area contributed by atoms with E-state index in [0.717, 1.165) is 18.4 Å². The quantitative estimate of drug-likeness (QED) is 0.713. The molecule has 1 rings (SSSR count). The second-order valence-corrected chi connectivity index (χ2v) is 3.09. The number of rotatable bonds is 4. The molecule has 0 aliphatic carbocycles. The van der Waals surface area contributed by atoms with Gasteiger partial charge in [0.1, 0.15) is 5.82 Å². The first-order chi connectivity index (χ1) is 6.24. The van der Waals surface area contributed by atoms with Crippen LogP contribution in [0.25, 0.3) is 0 Å². The molecule has 1 atom stereocenters. The summed E-state index contributed by atoms with van der Waals surface area (Å²) < 4.78 is 0. The Kier molecular flexibility index (Phi) is 3.58.